The second-order valence-electron chi connectivity index (χ2n) is 3.97. The largest absolute Gasteiger partial charge is 4.00 e. The molecule has 2 rings (SSSR count). The third-order valence-electron chi connectivity index (χ3n) is 2.42. The topological polar surface area (TPSA) is 0 Å². The third-order valence-corrected chi connectivity index (χ3v) is 2.42. The summed E-state index contributed by atoms with van der Waals surface area (Å²) in [5.74, 6) is 0. The molecule has 2 aromatic rings. The Labute approximate surface area is 143 Å². The average molecular weight is 338 g/mol. The molecule has 96 valence electrons. The molecule has 0 atom stereocenters. The van der Waals surface area contributed by atoms with Gasteiger partial charge in [0.05, 0.1) is 0 Å². The molecule has 0 unspecified atom stereocenters. The first kappa shape index (κ1) is 23.3. The molecule has 0 aromatic heterocycles. The van der Waals surface area contributed by atoms with Crippen molar-refractivity contribution in [1.82, 2.24) is 0 Å². The summed E-state index contributed by atoms with van der Waals surface area (Å²) in [6.45, 7) is 4.31. The standard InChI is InChI=1S/C14H15.3ClH.Ti/c1-11-7-12(2)9-14(8-11)10-13-5-3-4-6-13;;;;/h3-9H,10H2,1-2H3;3*1H;/q-1;;;;+4/p-3. The number of halogens is 3. The quantitative estimate of drug-likeness (QED) is 0.379. The van der Waals surface area contributed by atoms with Gasteiger partial charge in [-0.25, -0.2) is 12.1 Å². The maximum atomic E-state index is 2.26. The molecule has 0 fully saturated rings. The fourth-order valence-corrected chi connectivity index (χ4v) is 1.94. The van der Waals surface area contributed by atoms with Crippen molar-refractivity contribution >= 4 is 0 Å². The van der Waals surface area contributed by atoms with E-state index in [1.807, 2.05) is 0 Å². The van der Waals surface area contributed by atoms with E-state index in [4.69, 9.17) is 0 Å². The van der Waals surface area contributed by atoms with E-state index < -0.39 is 0 Å². The van der Waals surface area contributed by atoms with Crippen LogP contribution in [-0.4, -0.2) is 0 Å². The summed E-state index contributed by atoms with van der Waals surface area (Å²) in [4.78, 5) is 0. The molecule has 0 aliphatic heterocycles. The van der Waals surface area contributed by atoms with Gasteiger partial charge in [-0.1, -0.05) is 34.9 Å². The van der Waals surface area contributed by atoms with Crippen molar-refractivity contribution in [3.05, 3.63) is 64.7 Å². The Morgan fingerprint density at radius 3 is 1.72 bits per heavy atom. The molecule has 0 aliphatic rings. The molecular formula is C14H15Cl3Ti. The fourth-order valence-electron chi connectivity index (χ4n) is 1.94. The van der Waals surface area contributed by atoms with Gasteiger partial charge in [0, 0.05) is 0 Å². The molecule has 0 heterocycles. The zero-order chi connectivity index (χ0) is 9.97. The van der Waals surface area contributed by atoms with Crippen LogP contribution < -0.4 is 37.2 Å². The average Bonchev–Trinajstić information content (AvgIpc) is 2.54. The number of hydrogen-bond acceptors (Lipinski definition) is 0. The first-order valence-corrected chi connectivity index (χ1v) is 5.02. The van der Waals surface area contributed by atoms with Gasteiger partial charge in [0.25, 0.3) is 0 Å². The van der Waals surface area contributed by atoms with Crippen molar-refractivity contribution in [2.75, 3.05) is 0 Å². The summed E-state index contributed by atoms with van der Waals surface area (Å²) in [5, 5.41) is 0. The number of aryl methyl sites for hydroxylation is 2. The maximum Gasteiger partial charge on any atom is 4.00 e. The first-order chi connectivity index (χ1) is 6.74. The Kier molecular flexibility index (Phi) is 14.2. The van der Waals surface area contributed by atoms with Gasteiger partial charge in [-0.3, -0.25) is 0 Å². The fraction of sp³-hybridized carbons (Fsp3) is 0.214. The molecule has 4 heteroatoms. The summed E-state index contributed by atoms with van der Waals surface area (Å²) in [5.41, 5.74) is 5.52. The molecule has 0 nitrogen and oxygen atoms in total. The van der Waals surface area contributed by atoms with Gasteiger partial charge in [0.2, 0.25) is 0 Å². The summed E-state index contributed by atoms with van der Waals surface area (Å²) >= 11 is 0. The van der Waals surface area contributed by atoms with Crippen LogP contribution in [0.4, 0.5) is 0 Å². The van der Waals surface area contributed by atoms with Crippen LogP contribution in [0.25, 0.3) is 0 Å². The number of rotatable bonds is 2. The Morgan fingerprint density at radius 1 is 0.833 bits per heavy atom. The van der Waals surface area contributed by atoms with Crippen LogP contribution in [0.3, 0.4) is 0 Å². The molecular weight excluding hydrogens is 322 g/mol. The minimum Gasteiger partial charge on any atom is -1.00 e. The Morgan fingerprint density at radius 2 is 1.28 bits per heavy atom. The van der Waals surface area contributed by atoms with Gasteiger partial charge < -0.3 is 37.2 Å². The van der Waals surface area contributed by atoms with Gasteiger partial charge in [0.15, 0.2) is 0 Å². The van der Waals surface area contributed by atoms with E-state index in [2.05, 4.69) is 56.3 Å². The number of benzene rings is 1. The normalized spacial score (nSPS) is 8.11. The zero-order valence-corrected chi connectivity index (χ0v) is 14.2. The predicted molar refractivity (Wildman–Crippen MR) is 60.8 cm³/mol. The molecule has 0 saturated carbocycles. The first-order valence-electron chi connectivity index (χ1n) is 5.02. The summed E-state index contributed by atoms with van der Waals surface area (Å²) in [7, 11) is 0. The van der Waals surface area contributed by atoms with Crippen LogP contribution in [0, 0.1) is 13.8 Å². The Hall–Kier alpha value is 0.154. The van der Waals surface area contributed by atoms with Gasteiger partial charge in [-0.2, -0.15) is 17.7 Å². The monoisotopic (exact) mass is 336 g/mol. The van der Waals surface area contributed by atoms with E-state index in [1.165, 1.54) is 22.3 Å². The van der Waals surface area contributed by atoms with E-state index >= 15 is 0 Å². The summed E-state index contributed by atoms with van der Waals surface area (Å²) in [6, 6.07) is 15.3. The van der Waals surface area contributed by atoms with E-state index in [1.54, 1.807) is 0 Å². The minimum atomic E-state index is 0. The third kappa shape index (κ3) is 6.92. The molecule has 0 radical (unpaired) electrons. The van der Waals surface area contributed by atoms with Crippen LogP contribution in [0.1, 0.15) is 22.3 Å². The van der Waals surface area contributed by atoms with Crippen LogP contribution >= 0.6 is 0 Å². The summed E-state index contributed by atoms with van der Waals surface area (Å²) < 4.78 is 0. The van der Waals surface area contributed by atoms with Crippen LogP contribution in [0.5, 0.6) is 0 Å². The molecule has 0 saturated heterocycles. The van der Waals surface area contributed by atoms with Crippen LogP contribution in [0.15, 0.2) is 42.5 Å². The molecule has 0 amide bonds. The zero-order valence-electron chi connectivity index (χ0n) is 10.4. The molecule has 0 N–H and O–H groups in total. The van der Waals surface area contributed by atoms with E-state index in [-0.39, 0.29) is 58.9 Å². The van der Waals surface area contributed by atoms with Gasteiger partial charge in [-0.15, -0.1) is 0 Å². The van der Waals surface area contributed by atoms with Crippen molar-refractivity contribution < 1.29 is 58.9 Å². The van der Waals surface area contributed by atoms with Gasteiger partial charge >= 0.3 is 21.7 Å². The van der Waals surface area contributed by atoms with Crippen molar-refractivity contribution in [2.45, 2.75) is 20.3 Å². The van der Waals surface area contributed by atoms with Crippen molar-refractivity contribution in [3.8, 4) is 0 Å². The molecule has 18 heavy (non-hydrogen) atoms. The van der Waals surface area contributed by atoms with Gasteiger partial charge in [0.1, 0.15) is 0 Å². The van der Waals surface area contributed by atoms with E-state index in [0.717, 1.165) is 6.42 Å². The Bertz CT molecular complexity index is 404. The van der Waals surface area contributed by atoms with E-state index in [9.17, 15) is 0 Å². The van der Waals surface area contributed by atoms with Crippen LogP contribution in [0.2, 0.25) is 0 Å². The molecule has 0 spiro atoms. The summed E-state index contributed by atoms with van der Waals surface area (Å²) in [6.07, 6.45) is 1.05. The SMILES string of the molecule is Cc1cc(C)cc(C[c-]2cccc2)c1.[Cl-].[Cl-].[Cl-].[Ti+4]. The second-order valence-corrected chi connectivity index (χ2v) is 3.97. The molecule has 0 bridgehead atoms. The van der Waals surface area contributed by atoms with Crippen molar-refractivity contribution in [3.63, 3.8) is 0 Å². The molecule has 0 aliphatic carbocycles. The second kappa shape index (κ2) is 11.0. The molecule has 2 aromatic carbocycles. The Balaban J connectivity index is -0.000000562. The number of hydrogen-bond donors (Lipinski definition) is 0. The minimum absolute atomic E-state index is 0. The van der Waals surface area contributed by atoms with Crippen LogP contribution in [-0.2, 0) is 28.1 Å². The maximum absolute atomic E-state index is 2.26. The van der Waals surface area contributed by atoms with Crippen molar-refractivity contribution in [1.29, 1.82) is 0 Å². The smallest absolute Gasteiger partial charge is 1.00 e. The van der Waals surface area contributed by atoms with Crippen molar-refractivity contribution in [2.24, 2.45) is 0 Å². The van der Waals surface area contributed by atoms with E-state index in [0.29, 0.717) is 0 Å². The van der Waals surface area contributed by atoms with Gasteiger partial charge in [-0.05, 0) is 20.3 Å². The predicted octanol–water partition coefficient (Wildman–Crippen LogP) is -5.38.